The van der Waals surface area contributed by atoms with Gasteiger partial charge in [0, 0.05) is 11.4 Å². The predicted octanol–water partition coefficient (Wildman–Crippen LogP) is 0.807. The van der Waals surface area contributed by atoms with Crippen LogP contribution in [0.3, 0.4) is 0 Å². The number of carbonyl (C=O) groups excluding carboxylic acids is 1. The van der Waals surface area contributed by atoms with Gasteiger partial charge < -0.3 is 11.1 Å². The molecule has 4 nitrogen and oxygen atoms in total. The summed E-state index contributed by atoms with van der Waals surface area (Å²) in [5, 5.41) is 2.93. The van der Waals surface area contributed by atoms with Gasteiger partial charge in [0.25, 0.3) is 0 Å². The zero-order chi connectivity index (χ0) is 10.9. The largest absolute Gasteiger partial charge is 0.351 e. The molecule has 0 aromatic carbocycles. The molecule has 3 N–H and O–H groups in total. The molecule has 0 unspecified atom stereocenters. The van der Waals surface area contributed by atoms with Gasteiger partial charge in [-0.1, -0.05) is 0 Å². The third-order valence-corrected chi connectivity index (χ3v) is 3.92. The Morgan fingerprint density at radius 2 is 2.47 bits per heavy atom. The van der Waals surface area contributed by atoms with E-state index in [1.807, 2.05) is 6.92 Å². The molecule has 82 valence electrons. The Morgan fingerprint density at radius 3 is 2.93 bits per heavy atom. The standard InChI is InChI=1S/C10H15N3OS/c1-7-8(15-6-13-7)4-12-9(14)10(5-11)2-3-10/h6H,2-5,11H2,1H3,(H,12,14). The first kappa shape index (κ1) is 10.6. The van der Waals surface area contributed by atoms with E-state index >= 15 is 0 Å². The molecule has 1 aromatic rings. The predicted molar refractivity (Wildman–Crippen MR) is 59.4 cm³/mol. The molecule has 15 heavy (non-hydrogen) atoms. The van der Waals surface area contributed by atoms with Crippen molar-refractivity contribution in [2.45, 2.75) is 26.3 Å². The van der Waals surface area contributed by atoms with Crippen LogP contribution >= 0.6 is 11.3 Å². The van der Waals surface area contributed by atoms with Gasteiger partial charge in [0.2, 0.25) is 5.91 Å². The summed E-state index contributed by atoms with van der Waals surface area (Å²) in [6.07, 6.45) is 1.86. The lowest BCUT2D eigenvalue weighted by molar-refractivity contribution is -0.126. The molecular weight excluding hydrogens is 210 g/mol. The van der Waals surface area contributed by atoms with Gasteiger partial charge in [-0.2, -0.15) is 0 Å². The third kappa shape index (κ3) is 2.03. The van der Waals surface area contributed by atoms with Crippen LogP contribution in [0.15, 0.2) is 5.51 Å². The number of carbonyl (C=O) groups is 1. The average molecular weight is 225 g/mol. The number of thiazole rings is 1. The highest BCUT2D eigenvalue weighted by Crippen LogP contribution is 2.44. The second-order valence-corrected chi connectivity index (χ2v) is 4.97. The monoisotopic (exact) mass is 225 g/mol. The van der Waals surface area contributed by atoms with Gasteiger partial charge >= 0.3 is 0 Å². The number of aryl methyl sites for hydroxylation is 1. The van der Waals surface area contributed by atoms with E-state index in [1.54, 1.807) is 16.8 Å². The van der Waals surface area contributed by atoms with Crippen molar-refractivity contribution in [1.82, 2.24) is 10.3 Å². The Hall–Kier alpha value is -0.940. The average Bonchev–Trinajstić information content (AvgIpc) is 2.94. The summed E-state index contributed by atoms with van der Waals surface area (Å²) in [6.45, 7) is 2.99. The quantitative estimate of drug-likeness (QED) is 0.796. The molecule has 1 heterocycles. The van der Waals surface area contributed by atoms with Crippen LogP contribution in [-0.2, 0) is 11.3 Å². The van der Waals surface area contributed by atoms with Gasteiger partial charge in [0.1, 0.15) is 0 Å². The molecule has 1 saturated carbocycles. The van der Waals surface area contributed by atoms with Gasteiger partial charge in [-0.05, 0) is 19.8 Å². The fourth-order valence-electron chi connectivity index (χ4n) is 1.52. The lowest BCUT2D eigenvalue weighted by atomic mass is 10.1. The molecule has 0 aliphatic heterocycles. The Morgan fingerprint density at radius 1 is 1.73 bits per heavy atom. The second-order valence-electron chi connectivity index (χ2n) is 4.03. The smallest absolute Gasteiger partial charge is 0.227 e. The Bertz CT molecular complexity index is 370. The molecule has 1 aliphatic rings. The van der Waals surface area contributed by atoms with E-state index in [4.69, 9.17) is 5.73 Å². The van der Waals surface area contributed by atoms with Crippen molar-refractivity contribution < 1.29 is 4.79 Å². The Labute approximate surface area is 92.9 Å². The number of nitrogens with one attached hydrogen (secondary N) is 1. The topological polar surface area (TPSA) is 68.0 Å². The summed E-state index contributed by atoms with van der Waals surface area (Å²) < 4.78 is 0. The minimum atomic E-state index is -0.251. The number of nitrogens with two attached hydrogens (primary N) is 1. The molecule has 0 bridgehead atoms. The molecule has 1 fully saturated rings. The molecule has 1 aliphatic carbocycles. The van der Waals surface area contributed by atoms with Crippen LogP contribution in [-0.4, -0.2) is 17.4 Å². The van der Waals surface area contributed by atoms with Crippen molar-refractivity contribution in [3.63, 3.8) is 0 Å². The van der Waals surface area contributed by atoms with Crippen molar-refractivity contribution in [2.24, 2.45) is 11.1 Å². The number of hydrogen-bond donors (Lipinski definition) is 2. The van der Waals surface area contributed by atoms with Crippen LogP contribution in [0.5, 0.6) is 0 Å². The molecular formula is C10H15N3OS. The highest BCUT2D eigenvalue weighted by atomic mass is 32.1. The Balaban J connectivity index is 1.89. The van der Waals surface area contributed by atoms with Gasteiger partial charge in [-0.25, -0.2) is 4.98 Å². The molecule has 1 amide bonds. The maximum atomic E-state index is 11.8. The fraction of sp³-hybridized carbons (Fsp3) is 0.600. The number of amides is 1. The summed E-state index contributed by atoms with van der Waals surface area (Å²) in [4.78, 5) is 17.0. The summed E-state index contributed by atoms with van der Waals surface area (Å²) in [5.41, 5.74) is 8.12. The van der Waals surface area contributed by atoms with Gasteiger partial charge in [0.05, 0.1) is 23.2 Å². The highest BCUT2D eigenvalue weighted by molar-refractivity contribution is 7.09. The van der Waals surface area contributed by atoms with Gasteiger partial charge in [0.15, 0.2) is 0 Å². The lowest BCUT2D eigenvalue weighted by Gasteiger charge is -2.11. The van der Waals surface area contributed by atoms with E-state index in [1.165, 1.54) is 0 Å². The van der Waals surface area contributed by atoms with Crippen LogP contribution in [0.25, 0.3) is 0 Å². The second kappa shape index (κ2) is 3.90. The van der Waals surface area contributed by atoms with E-state index in [0.717, 1.165) is 23.4 Å². The molecule has 5 heteroatoms. The van der Waals surface area contributed by atoms with E-state index in [9.17, 15) is 4.79 Å². The maximum Gasteiger partial charge on any atom is 0.227 e. The maximum absolute atomic E-state index is 11.8. The van der Waals surface area contributed by atoms with Crippen LogP contribution in [0.1, 0.15) is 23.4 Å². The van der Waals surface area contributed by atoms with Crippen molar-refractivity contribution >= 4 is 17.2 Å². The first-order chi connectivity index (χ1) is 7.18. The summed E-state index contributed by atoms with van der Waals surface area (Å²) in [7, 11) is 0. The van der Waals surface area contributed by atoms with Crippen LogP contribution in [0.4, 0.5) is 0 Å². The first-order valence-corrected chi connectivity index (χ1v) is 5.93. The van der Waals surface area contributed by atoms with E-state index in [2.05, 4.69) is 10.3 Å². The summed E-state index contributed by atoms with van der Waals surface area (Å²) in [6, 6.07) is 0. The van der Waals surface area contributed by atoms with Crippen molar-refractivity contribution in [3.05, 3.63) is 16.1 Å². The Kier molecular flexibility index (Phi) is 2.75. The molecule has 1 aromatic heterocycles. The van der Waals surface area contributed by atoms with Crippen LogP contribution < -0.4 is 11.1 Å². The molecule has 2 rings (SSSR count). The van der Waals surface area contributed by atoms with Gasteiger partial charge in [-0.3, -0.25) is 4.79 Å². The third-order valence-electron chi connectivity index (χ3n) is 2.98. The van der Waals surface area contributed by atoms with Gasteiger partial charge in [-0.15, -0.1) is 11.3 Å². The minimum absolute atomic E-state index is 0.0952. The molecule has 0 spiro atoms. The van der Waals surface area contributed by atoms with Crippen molar-refractivity contribution in [2.75, 3.05) is 6.54 Å². The zero-order valence-corrected chi connectivity index (χ0v) is 9.56. The summed E-state index contributed by atoms with van der Waals surface area (Å²) in [5.74, 6) is 0.0952. The number of hydrogen-bond acceptors (Lipinski definition) is 4. The van der Waals surface area contributed by atoms with E-state index < -0.39 is 0 Å². The van der Waals surface area contributed by atoms with Crippen LogP contribution in [0.2, 0.25) is 0 Å². The minimum Gasteiger partial charge on any atom is -0.351 e. The molecule has 0 atom stereocenters. The normalized spacial score (nSPS) is 17.5. The number of nitrogens with zero attached hydrogens (tertiary/aromatic N) is 1. The van der Waals surface area contributed by atoms with Crippen molar-refractivity contribution in [3.8, 4) is 0 Å². The fourth-order valence-corrected chi connectivity index (χ4v) is 2.24. The number of rotatable bonds is 4. The van der Waals surface area contributed by atoms with Crippen LogP contribution in [0, 0.1) is 12.3 Å². The molecule has 0 radical (unpaired) electrons. The van der Waals surface area contributed by atoms with E-state index in [0.29, 0.717) is 13.1 Å². The first-order valence-electron chi connectivity index (χ1n) is 5.05. The molecule has 0 saturated heterocycles. The van der Waals surface area contributed by atoms with Crippen molar-refractivity contribution in [1.29, 1.82) is 0 Å². The number of aromatic nitrogens is 1. The summed E-state index contributed by atoms with van der Waals surface area (Å²) >= 11 is 1.57. The lowest BCUT2D eigenvalue weighted by Crippen LogP contribution is -2.36. The zero-order valence-electron chi connectivity index (χ0n) is 8.75. The highest BCUT2D eigenvalue weighted by Gasteiger charge is 2.48. The van der Waals surface area contributed by atoms with E-state index in [-0.39, 0.29) is 11.3 Å². The SMILES string of the molecule is Cc1ncsc1CNC(=O)C1(CN)CC1.